The molecule has 1 aromatic carbocycles. The molecule has 0 fully saturated rings. The molecule has 88 valence electrons. The van der Waals surface area contributed by atoms with Crippen LogP contribution >= 0.6 is 0 Å². The van der Waals surface area contributed by atoms with Gasteiger partial charge in [0, 0.05) is 0 Å². The van der Waals surface area contributed by atoms with Crippen LogP contribution in [0.4, 0.5) is 10.1 Å². The van der Waals surface area contributed by atoms with Gasteiger partial charge in [-0.15, -0.1) is 0 Å². The zero-order chi connectivity index (χ0) is 12.8. The first kappa shape index (κ1) is 12.4. The molecule has 17 heavy (non-hydrogen) atoms. The lowest BCUT2D eigenvalue weighted by Crippen LogP contribution is -2.26. The number of halogens is 1. The number of nitrogens with zero attached hydrogens (tertiary/aromatic N) is 3. The molecule has 1 aromatic rings. The van der Waals surface area contributed by atoms with Gasteiger partial charge in [0.05, 0.1) is 12.5 Å². The number of rotatable bonds is 2. The second-order valence-corrected chi connectivity index (χ2v) is 3.13. The van der Waals surface area contributed by atoms with Crippen LogP contribution < -0.4 is 17.2 Å². The second kappa shape index (κ2) is 5.46. The van der Waals surface area contributed by atoms with Crippen molar-refractivity contribution in [3.63, 3.8) is 0 Å². The van der Waals surface area contributed by atoms with Crippen LogP contribution in [-0.2, 0) is 6.42 Å². The molecule has 1 rings (SSSR count). The first-order valence-corrected chi connectivity index (χ1v) is 4.62. The van der Waals surface area contributed by atoms with E-state index >= 15 is 0 Å². The molecule has 0 bridgehead atoms. The Morgan fingerprint density at radius 3 is 2.59 bits per heavy atom. The van der Waals surface area contributed by atoms with Crippen LogP contribution in [0.1, 0.15) is 5.56 Å². The van der Waals surface area contributed by atoms with Gasteiger partial charge in [-0.2, -0.15) is 10.3 Å². The van der Waals surface area contributed by atoms with E-state index < -0.39 is 5.82 Å². The summed E-state index contributed by atoms with van der Waals surface area (Å²) >= 11 is 0. The number of nitrogens with two attached hydrogens (primary N) is 3. The molecule has 0 saturated carbocycles. The van der Waals surface area contributed by atoms with Crippen molar-refractivity contribution in [2.75, 3.05) is 0 Å². The summed E-state index contributed by atoms with van der Waals surface area (Å²) in [6.45, 7) is 0. The summed E-state index contributed by atoms with van der Waals surface area (Å²) < 4.78 is 13.5. The van der Waals surface area contributed by atoms with Gasteiger partial charge in [0.1, 0.15) is 11.5 Å². The molecule has 0 atom stereocenters. The van der Waals surface area contributed by atoms with Crippen LogP contribution in [0.15, 0.2) is 28.2 Å². The lowest BCUT2D eigenvalue weighted by molar-refractivity contribution is 0.628. The van der Waals surface area contributed by atoms with E-state index in [9.17, 15) is 4.39 Å². The number of guanidine groups is 2. The number of nitriles is 1. The Hall–Kier alpha value is -2.62. The fourth-order valence-electron chi connectivity index (χ4n) is 1.12. The van der Waals surface area contributed by atoms with Crippen molar-refractivity contribution in [3.8, 4) is 6.07 Å². The third-order valence-corrected chi connectivity index (χ3v) is 1.77. The van der Waals surface area contributed by atoms with Crippen LogP contribution in [0, 0.1) is 17.1 Å². The van der Waals surface area contributed by atoms with E-state index in [0.29, 0.717) is 5.56 Å². The van der Waals surface area contributed by atoms with Gasteiger partial charge in [0.15, 0.2) is 5.96 Å². The van der Waals surface area contributed by atoms with E-state index in [1.165, 1.54) is 12.1 Å². The quantitative estimate of drug-likeness (QED) is 0.495. The lowest BCUT2D eigenvalue weighted by atomic mass is 10.1. The predicted octanol–water partition coefficient (Wildman–Crippen LogP) is 0.111. The monoisotopic (exact) mass is 234 g/mol. The molecule has 0 unspecified atom stereocenters. The fraction of sp³-hybridized carbons (Fsp3) is 0.100. The normalized spacial score (nSPS) is 10.7. The average Bonchev–Trinajstić information content (AvgIpc) is 2.21. The maximum atomic E-state index is 13.5. The summed E-state index contributed by atoms with van der Waals surface area (Å²) in [7, 11) is 0. The van der Waals surface area contributed by atoms with E-state index in [-0.39, 0.29) is 24.0 Å². The highest BCUT2D eigenvalue weighted by atomic mass is 19.1. The molecule has 7 heteroatoms. The molecular weight excluding hydrogens is 223 g/mol. The van der Waals surface area contributed by atoms with Crippen molar-refractivity contribution in [1.82, 2.24) is 0 Å². The van der Waals surface area contributed by atoms with Crippen molar-refractivity contribution >= 4 is 17.6 Å². The zero-order valence-electron chi connectivity index (χ0n) is 8.89. The lowest BCUT2D eigenvalue weighted by Gasteiger charge is -2.00. The molecule has 0 radical (unpaired) electrons. The van der Waals surface area contributed by atoms with Crippen molar-refractivity contribution in [2.45, 2.75) is 6.42 Å². The number of hydrogen-bond donors (Lipinski definition) is 3. The third kappa shape index (κ3) is 3.79. The highest BCUT2D eigenvalue weighted by Crippen LogP contribution is 2.19. The molecule has 0 saturated heterocycles. The van der Waals surface area contributed by atoms with E-state index in [2.05, 4.69) is 9.98 Å². The van der Waals surface area contributed by atoms with E-state index in [0.717, 1.165) is 0 Å². The largest absolute Gasteiger partial charge is 0.370 e. The van der Waals surface area contributed by atoms with Crippen molar-refractivity contribution in [2.24, 2.45) is 27.2 Å². The fourth-order valence-corrected chi connectivity index (χ4v) is 1.12. The van der Waals surface area contributed by atoms with Crippen molar-refractivity contribution < 1.29 is 4.39 Å². The van der Waals surface area contributed by atoms with Gasteiger partial charge < -0.3 is 17.2 Å². The van der Waals surface area contributed by atoms with Crippen LogP contribution in [0.3, 0.4) is 0 Å². The van der Waals surface area contributed by atoms with Crippen LogP contribution in [0.25, 0.3) is 0 Å². The Bertz CT molecular complexity index is 510. The van der Waals surface area contributed by atoms with E-state index in [1.54, 1.807) is 6.07 Å². The molecule has 0 amide bonds. The minimum Gasteiger partial charge on any atom is -0.370 e. The standard InChI is InChI=1S/C10H11FN6/c11-7-5-6(3-4-12)1-2-8(7)16-10(15)17-9(13)14/h1-2,5H,3H2,(H6,13,14,15,16,17). The summed E-state index contributed by atoms with van der Waals surface area (Å²) in [4.78, 5) is 7.14. The van der Waals surface area contributed by atoms with Crippen LogP contribution in [0.5, 0.6) is 0 Å². The maximum Gasteiger partial charge on any atom is 0.223 e. The molecular formula is C10H11FN6. The predicted molar refractivity (Wildman–Crippen MR) is 62.8 cm³/mol. The first-order valence-electron chi connectivity index (χ1n) is 4.62. The highest BCUT2D eigenvalue weighted by molar-refractivity contribution is 5.93. The molecule has 6 N–H and O–H groups in total. The Morgan fingerprint density at radius 1 is 1.35 bits per heavy atom. The summed E-state index contributed by atoms with van der Waals surface area (Å²) in [6, 6.07) is 6.11. The number of aliphatic imine (C=N–C) groups is 2. The summed E-state index contributed by atoms with van der Waals surface area (Å²) in [5.41, 5.74) is 16.1. The van der Waals surface area contributed by atoms with Gasteiger partial charge in [-0.3, -0.25) is 0 Å². The summed E-state index contributed by atoms with van der Waals surface area (Å²) in [5, 5.41) is 8.46. The Morgan fingerprint density at radius 2 is 2.06 bits per heavy atom. The van der Waals surface area contributed by atoms with Gasteiger partial charge in [-0.25, -0.2) is 9.38 Å². The van der Waals surface area contributed by atoms with Gasteiger partial charge in [0.2, 0.25) is 5.96 Å². The van der Waals surface area contributed by atoms with E-state index in [1.807, 2.05) is 6.07 Å². The Labute approximate surface area is 97.3 Å². The van der Waals surface area contributed by atoms with Gasteiger partial charge in [0.25, 0.3) is 0 Å². The molecule has 0 heterocycles. The molecule has 0 aliphatic heterocycles. The molecule has 0 aliphatic rings. The average molecular weight is 234 g/mol. The van der Waals surface area contributed by atoms with Crippen LogP contribution in [-0.4, -0.2) is 11.9 Å². The van der Waals surface area contributed by atoms with Gasteiger partial charge in [-0.05, 0) is 17.7 Å². The Balaban J connectivity index is 3.01. The number of benzene rings is 1. The van der Waals surface area contributed by atoms with Crippen LogP contribution in [0.2, 0.25) is 0 Å². The second-order valence-electron chi connectivity index (χ2n) is 3.13. The minimum atomic E-state index is -0.591. The first-order chi connectivity index (χ1) is 8.02. The number of hydrogen-bond acceptors (Lipinski definition) is 2. The summed E-state index contributed by atoms with van der Waals surface area (Å²) in [6.07, 6.45) is 0.129. The Kier molecular flexibility index (Phi) is 4.00. The van der Waals surface area contributed by atoms with E-state index in [4.69, 9.17) is 22.5 Å². The smallest absolute Gasteiger partial charge is 0.223 e. The van der Waals surface area contributed by atoms with Gasteiger partial charge >= 0.3 is 0 Å². The SMILES string of the molecule is N#CCc1ccc(N=C(N)N=C(N)N)c(F)c1. The molecule has 0 aliphatic carbocycles. The molecule has 6 nitrogen and oxygen atoms in total. The highest BCUT2D eigenvalue weighted by Gasteiger charge is 2.03. The summed E-state index contributed by atoms with van der Waals surface area (Å²) in [5.74, 6) is -1.09. The topological polar surface area (TPSA) is 127 Å². The minimum absolute atomic E-state index is 0.00851. The van der Waals surface area contributed by atoms with Gasteiger partial charge in [-0.1, -0.05) is 6.07 Å². The van der Waals surface area contributed by atoms with Crippen molar-refractivity contribution in [1.29, 1.82) is 5.26 Å². The molecule has 0 aromatic heterocycles. The maximum absolute atomic E-state index is 13.5. The van der Waals surface area contributed by atoms with Crippen molar-refractivity contribution in [3.05, 3.63) is 29.6 Å². The molecule has 0 spiro atoms. The third-order valence-electron chi connectivity index (χ3n) is 1.77. The zero-order valence-corrected chi connectivity index (χ0v) is 8.89.